The maximum Gasteiger partial charge on any atom is 0.426 e. The van der Waals surface area contributed by atoms with Gasteiger partial charge in [0, 0.05) is 12.8 Å². The van der Waals surface area contributed by atoms with Gasteiger partial charge in [0.25, 0.3) is 11.8 Å². The predicted octanol–water partition coefficient (Wildman–Crippen LogP) is 6.53. The lowest BCUT2D eigenvalue weighted by molar-refractivity contribution is -0.295. The Labute approximate surface area is 221 Å². The number of allylic oxidation sites excluding steroid dienone is 1. The highest BCUT2D eigenvalue weighted by atomic mass is 19.4. The van der Waals surface area contributed by atoms with Gasteiger partial charge in [-0.05, 0) is 24.5 Å². The summed E-state index contributed by atoms with van der Waals surface area (Å²) in [5.74, 6) is -2.97. The molecule has 1 amide bonds. The second-order valence-corrected chi connectivity index (χ2v) is 8.71. The fourth-order valence-electron chi connectivity index (χ4n) is 3.97. The van der Waals surface area contributed by atoms with Gasteiger partial charge in [-0.15, -0.1) is 10.2 Å². The Morgan fingerprint density at radius 3 is 2.45 bits per heavy atom. The van der Waals surface area contributed by atoms with E-state index < -0.39 is 83.7 Å². The number of carbonyl (C=O) groups excluding carboxylic acids is 1. The molecule has 9 nitrogen and oxygen atoms in total. The van der Waals surface area contributed by atoms with Crippen LogP contribution in [0.1, 0.15) is 53.2 Å². The van der Waals surface area contributed by atoms with Crippen molar-refractivity contribution in [3.8, 4) is 11.6 Å². The number of ether oxygens (including phenoxy) is 1. The molecule has 3 aromatic rings. The highest BCUT2D eigenvalue weighted by Crippen LogP contribution is 2.46. The molecular weight excluding hydrogens is 550 g/mol. The zero-order chi connectivity index (χ0) is 29.1. The highest BCUT2D eigenvalue weighted by molar-refractivity contribution is 5.98. The number of alkyl halides is 6. The van der Waals surface area contributed by atoms with E-state index in [1.54, 1.807) is 23.5 Å². The molecule has 1 aliphatic heterocycles. The molecule has 1 aromatic carbocycles. The number of carbonyl (C=O) groups is 2. The molecule has 0 aliphatic carbocycles. The predicted molar refractivity (Wildman–Crippen MR) is 125 cm³/mol. The summed E-state index contributed by atoms with van der Waals surface area (Å²) in [6, 6.07) is 8.25. The van der Waals surface area contributed by atoms with Crippen LogP contribution in [0, 0.1) is 0 Å². The van der Waals surface area contributed by atoms with E-state index >= 15 is 0 Å². The van der Waals surface area contributed by atoms with Gasteiger partial charge in [0.05, 0.1) is 17.9 Å². The number of ketones is 1. The molecule has 4 bridgehead atoms. The van der Waals surface area contributed by atoms with Crippen LogP contribution < -0.4 is 5.32 Å². The molecule has 4 rings (SSSR count). The van der Waals surface area contributed by atoms with Crippen LogP contribution in [0.15, 0.2) is 53.0 Å². The zero-order valence-electron chi connectivity index (χ0n) is 20.3. The Bertz CT molecular complexity index is 1420. The Kier molecular flexibility index (Phi) is 7.95. The minimum atomic E-state index is -5.12. The first-order valence-corrected chi connectivity index (χ1v) is 11.7. The number of halogens is 6. The number of hydrogen-bond acceptors (Lipinski definition) is 7. The lowest BCUT2D eigenvalue weighted by Gasteiger charge is -2.31. The first-order valence-electron chi connectivity index (χ1n) is 11.7. The summed E-state index contributed by atoms with van der Waals surface area (Å²) >= 11 is 0. The summed E-state index contributed by atoms with van der Waals surface area (Å²) in [5, 5.41) is 17.9. The number of benzene rings is 1. The molecule has 0 unspecified atom stereocenters. The van der Waals surface area contributed by atoms with Gasteiger partial charge < -0.3 is 14.3 Å². The lowest BCUT2D eigenvalue weighted by atomic mass is 9.97. The average molecular weight is 570 g/mol. The average Bonchev–Trinajstić information content (AvgIpc) is 3.36. The van der Waals surface area contributed by atoms with Crippen LogP contribution in [0.5, 0.6) is 0 Å². The number of nitrogens with one attached hydrogen (secondary N) is 1. The molecular formula is C25H20F6N4O5. The van der Waals surface area contributed by atoms with E-state index in [4.69, 9.17) is 14.3 Å². The van der Waals surface area contributed by atoms with Gasteiger partial charge in [0.1, 0.15) is 5.69 Å². The van der Waals surface area contributed by atoms with Gasteiger partial charge >= 0.3 is 18.4 Å². The van der Waals surface area contributed by atoms with Crippen molar-refractivity contribution in [3.63, 3.8) is 0 Å². The van der Waals surface area contributed by atoms with E-state index in [2.05, 4.69) is 15.2 Å². The van der Waals surface area contributed by atoms with Gasteiger partial charge in [-0.1, -0.05) is 42.5 Å². The molecule has 2 aromatic heterocycles. The van der Waals surface area contributed by atoms with Crippen molar-refractivity contribution in [1.29, 1.82) is 0 Å². The van der Waals surface area contributed by atoms with Crippen LogP contribution in [0.4, 0.5) is 36.8 Å². The number of nitrogens with zero attached hydrogens (tertiary/aromatic N) is 3. The Morgan fingerprint density at radius 2 is 1.80 bits per heavy atom. The standard InChI is InChI=1S/C25H20F6N4O5/c26-24(27,28)15-12-16(32-22(37)38)19-20-34-35-21(40-20)23(25(29,30)31,39-13-14-8-4-3-5-9-14)11-7-2-1-6-10-17(36)18(15)33-19/h2-5,7-9,12,32H,1,6,10-11,13H2,(H,37,38)/t23-/m1/s1. The number of aromatic nitrogens is 3. The molecule has 1 atom stereocenters. The summed E-state index contributed by atoms with van der Waals surface area (Å²) in [4.78, 5) is 27.7. The van der Waals surface area contributed by atoms with E-state index in [-0.39, 0.29) is 12.8 Å². The number of hydrogen-bond donors (Lipinski definition) is 2. The lowest BCUT2D eigenvalue weighted by Crippen LogP contribution is -2.45. The third-order valence-corrected chi connectivity index (χ3v) is 5.94. The topological polar surface area (TPSA) is 127 Å². The molecule has 1 aliphatic rings. The number of fused-ring (bicyclic) bond motifs is 5. The first kappa shape index (κ1) is 28.7. The number of pyridine rings is 1. The molecule has 0 spiro atoms. The van der Waals surface area contributed by atoms with E-state index in [1.807, 2.05) is 0 Å². The summed E-state index contributed by atoms with van der Waals surface area (Å²) < 4.78 is 96.2. The van der Waals surface area contributed by atoms with Crippen molar-refractivity contribution in [1.82, 2.24) is 15.2 Å². The normalized spacial score (nSPS) is 18.3. The second-order valence-electron chi connectivity index (χ2n) is 8.71. The van der Waals surface area contributed by atoms with E-state index in [1.165, 1.54) is 18.2 Å². The molecule has 2 N–H and O–H groups in total. The zero-order valence-corrected chi connectivity index (χ0v) is 20.3. The molecule has 15 heteroatoms. The van der Waals surface area contributed by atoms with E-state index in [0.29, 0.717) is 11.6 Å². The second kappa shape index (κ2) is 11.1. The van der Waals surface area contributed by atoms with Crippen LogP contribution in [0.3, 0.4) is 0 Å². The van der Waals surface area contributed by atoms with Crippen molar-refractivity contribution in [2.45, 2.75) is 50.2 Å². The highest BCUT2D eigenvalue weighted by Gasteiger charge is 2.61. The van der Waals surface area contributed by atoms with Crippen LogP contribution in [0.2, 0.25) is 0 Å². The molecule has 3 heterocycles. The van der Waals surface area contributed by atoms with Crippen molar-refractivity contribution >= 4 is 17.6 Å². The SMILES string of the molecule is O=C(O)Nc1cc(C(F)(F)F)c2nc1-c1nnc(o1)[C@@](OCc1ccccc1)(C(F)(F)F)CC=CCCCC2=O. The largest absolute Gasteiger partial charge is 0.465 e. The van der Waals surface area contributed by atoms with Crippen molar-refractivity contribution in [3.05, 3.63) is 71.3 Å². The minimum Gasteiger partial charge on any atom is -0.465 e. The molecule has 0 saturated heterocycles. The Balaban J connectivity index is 1.92. The van der Waals surface area contributed by atoms with Crippen LogP contribution in [0.25, 0.3) is 11.6 Å². The molecule has 0 saturated carbocycles. The fraction of sp³-hybridized carbons (Fsp3) is 0.320. The smallest absolute Gasteiger partial charge is 0.426 e. The van der Waals surface area contributed by atoms with E-state index in [9.17, 15) is 35.9 Å². The quantitative estimate of drug-likeness (QED) is 0.268. The van der Waals surface area contributed by atoms with Crippen molar-refractivity contribution in [2.24, 2.45) is 0 Å². The summed E-state index contributed by atoms with van der Waals surface area (Å²) in [5.41, 5.74) is -6.98. The van der Waals surface area contributed by atoms with Gasteiger partial charge in [-0.3, -0.25) is 10.1 Å². The van der Waals surface area contributed by atoms with E-state index in [0.717, 1.165) is 6.08 Å². The minimum absolute atomic E-state index is 0.00105. The maximum atomic E-state index is 14.7. The first-order chi connectivity index (χ1) is 18.8. The Morgan fingerprint density at radius 1 is 1.07 bits per heavy atom. The molecule has 40 heavy (non-hydrogen) atoms. The van der Waals surface area contributed by atoms with Crippen LogP contribution in [-0.2, 0) is 23.1 Å². The monoisotopic (exact) mass is 570 g/mol. The molecule has 212 valence electrons. The fourth-order valence-corrected chi connectivity index (χ4v) is 3.97. The third kappa shape index (κ3) is 5.98. The number of amides is 1. The number of carboxylic acid groups (broad SMARTS) is 1. The third-order valence-electron chi connectivity index (χ3n) is 5.94. The van der Waals surface area contributed by atoms with Crippen LogP contribution >= 0.6 is 0 Å². The summed E-state index contributed by atoms with van der Waals surface area (Å²) in [6.07, 6.45) is -10.7. The van der Waals surface area contributed by atoms with Crippen molar-refractivity contribution in [2.75, 3.05) is 5.32 Å². The van der Waals surface area contributed by atoms with Gasteiger partial charge in [0.15, 0.2) is 11.5 Å². The maximum absolute atomic E-state index is 14.7. The van der Waals surface area contributed by atoms with Gasteiger partial charge in [-0.25, -0.2) is 9.78 Å². The van der Waals surface area contributed by atoms with Crippen molar-refractivity contribution < 1.29 is 50.2 Å². The van der Waals surface area contributed by atoms with Crippen LogP contribution in [-0.4, -0.2) is 38.3 Å². The summed E-state index contributed by atoms with van der Waals surface area (Å²) in [6.45, 7) is -0.519. The number of anilines is 1. The number of Topliss-reactive ketones (excluding diaryl/α,β-unsaturated/α-hetero) is 1. The molecule has 0 radical (unpaired) electrons. The Hall–Kier alpha value is -4.27. The summed E-state index contributed by atoms with van der Waals surface area (Å²) in [7, 11) is 0. The number of rotatable bonds is 4. The van der Waals surface area contributed by atoms with Gasteiger partial charge in [0.2, 0.25) is 5.60 Å². The van der Waals surface area contributed by atoms with Gasteiger partial charge in [-0.2, -0.15) is 26.3 Å². The molecule has 0 fully saturated rings.